The fourth-order valence-corrected chi connectivity index (χ4v) is 2.50. The summed E-state index contributed by atoms with van der Waals surface area (Å²) >= 11 is 3.40. The molecule has 5 nitrogen and oxygen atoms in total. The number of carbonyl (C=O) groups is 1. The molecule has 0 saturated heterocycles. The first-order chi connectivity index (χ1) is 11.7. The number of aromatic nitrogens is 1. The Bertz CT molecular complexity index is 843. The molecule has 2 aromatic heterocycles. The smallest absolute Gasteiger partial charge is 0.257 e. The van der Waals surface area contributed by atoms with Crippen molar-refractivity contribution in [3.63, 3.8) is 0 Å². The summed E-state index contributed by atoms with van der Waals surface area (Å²) in [7, 11) is 1.48. The molecule has 0 radical (unpaired) electrons. The van der Waals surface area contributed by atoms with Gasteiger partial charge in [-0.05, 0) is 36.4 Å². The number of nitrogens with zero attached hydrogens (tertiary/aromatic N) is 1. The Labute approximate surface area is 147 Å². The van der Waals surface area contributed by atoms with Gasteiger partial charge in [0.25, 0.3) is 5.91 Å². The number of hydrogen-bond donors (Lipinski definition) is 1. The molecule has 122 valence electrons. The third kappa shape index (κ3) is 3.65. The zero-order valence-electron chi connectivity index (χ0n) is 13.0. The predicted octanol–water partition coefficient (Wildman–Crippen LogP) is 4.04. The van der Waals surface area contributed by atoms with Crippen LogP contribution in [0.3, 0.4) is 0 Å². The molecule has 2 heterocycles. The minimum atomic E-state index is -0.262. The maximum Gasteiger partial charge on any atom is 0.257 e. The number of halogens is 1. The van der Waals surface area contributed by atoms with Gasteiger partial charge in [0, 0.05) is 16.2 Å². The second-order valence-corrected chi connectivity index (χ2v) is 5.93. The molecule has 0 atom stereocenters. The van der Waals surface area contributed by atoms with Crippen LogP contribution in [0, 0.1) is 0 Å². The number of nitrogens with one attached hydrogen (secondary N) is 1. The van der Waals surface area contributed by atoms with Crippen LogP contribution >= 0.6 is 15.9 Å². The number of benzene rings is 1. The minimum absolute atomic E-state index is 0.262. The van der Waals surface area contributed by atoms with Gasteiger partial charge in [-0.1, -0.05) is 28.1 Å². The van der Waals surface area contributed by atoms with Crippen molar-refractivity contribution in [2.24, 2.45) is 0 Å². The van der Waals surface area contributed by atoms with Crippen molar-refractivity contribution in [3.8, 4) is 17.2 Å². The van der Waals surface area contributed by atoms with E-state index in [0.29, 0.717) is 17.2 Å². The highest BCUT2D eigenvalue weighted by molar-refractivity contribution is 9.10. The highest BCUT2D eigenvalue weighted by atomic mass is 79.9. The van der Waals surface area contributed by atoms with E-state index in [2.05, 4.69) is 26.2 Å². The van der Waals surface area contributed by atoms with Crippen molar-refractivity contribution in [1.82, 2.24) is 10.3 Å². The lowest BCUT2D eigenvalue weighted by molar-refractivity contribution is 0.0944. The third-order valence-corrected chi connectivity index (χ3v) is 3.95. The van der Waals surface area contributed by atoms with Gasteiger partial charge in [-0.2, -0.15) is 0 Å². The molecule has 1 amide bonds. The SMILES string of the molecule is COc1ncccc1C(=O)NCc1ccc(-c2ccc(Br)cc2)o1. The fraction of sp³-hybridized carbons (Fsp3) is 0.111. The Morgan fingerprint density at radius 3 is 2.75 bits per heavy atom. The second-order valence-electron chi connectivity index (χ2n) is 5.02. The lowest BCUT2D eigenvalue weighted by Gasteiger charge is -2.07. The van der Waals surface area contributed by atoms with E-state index < -0.39 is 0 Å². The van der Waals surface area contributed by atoms with E-state index in [-0.39, 0.29) is 12.5 Å². The maximum absolute atomic E-state index is 12.2. The standard InChI is InChI=1S/C18H15BrN2O3/c1-23-18-15(3-2-10-20-18)17(22)21-11-14-8-9-16(24-14)12-4-6-13(19)7-5-12/h2-10H,11H2,1H3,(H,21,22). The van der Waals surface area contributed by atoms with Crippen LogP contribution in [0.5, 0.6) is 5.88 Å². The van der Waals surface area contributed by atoms with Crippen LogP contribution in [0.1, 0.15) is 16.1 Å². The molecule has 6 heteroatoms. The minimum Gasteiger partial charge on any atom is -0.480 e. The summed E-state index contributed by atoms with van der Waals surface area (Å²) in [5.41, 5.74) is 1.37. The van der Waals surface area contributed by atoms with E-state index in [9.17, 15) is 4.79 Å². The van der Waals surface area contributed by atoms with Gasteiger partial charge in [0.15, 0.2) is 0 Å². The number of amides is 1. The van der Waals surface area contributed by atoms with Gasteiger partial charge in [-0.25, -0.2) is 4.98 Å². The lowest BCUT2D eigenvalue weighted by Crippen LogP contribution is -2.23. The Balaban J connectivity index is 1.67. The van der Waals surface area contributed by atoms with Crippen LogP contribution in [0.15, 0.2) is 63.6 Å². The van der Waals surface area contributed by atoms with Crippen LogP contribution < -0.4 is 10.1 Å². The normalized spacial score (nSPS) is 10.4. The molecule has 3 aromatic rings. The fourth-order valence-electron chi connectivity index (χ4n) is 2.23. The van der Waals surface area contributed by atoms with Crippen molar-refractivity contribution in [3.05, 3.63) is 70.5 Å². The van der Waals surface area contributed by atoms with Crippen LogP contribution in [0.2, 0.25) is 0 Å². The molecule has 0 aliphatic rings. The summed E-state index contributed by atoms with van der Waals surface area (Å²) in [5, 5.41) is 2.80. The van der Waals surface area contributed by atoms with E-state index in [1.165, 1.54) is 7.11 Å². The number of rotatable bonds is 5. The number of methoxy groups -OCH3 is 1. The zero-order chi connectivity index (χ0) is 16.9. The first-order valence-electron chi connectivity index (χ1n) is 7.29. The molecular weight excluding hydrogens is 372 g/mol. The van der Waals surface area contributed by atoms with Crippen LogP contribution in [-0.2, 0) is 6.54 Å². The van der Waals surface area contributed by atoms with Gasteiger partial charge in [0.05, 0.1) is 13.7 Å². The van der Waals surface area contributed by atoms with Gasteiger partial charge < -0.3 is 14.5 Å². The highest BCUT2D eigenvalue weighted by Gasteiger charge is 2.13. The Morgan fingerprint density at radius 2 is 2.00 bits per heavy atom. The Hall–Kier alpha value is -2.60. The molecule has 0 fully saturated rings. The van der Waals surface area contributed by atoms with Crippen molar-refractivity contribution < 1.29 is 13.9 Å². The van der Waals surface area contributed by atoms with Crippen molar-refractivity contribution >= 4 is 21.8 Å². The van der Waals surface area contributed by atoms with E-state index in [4.69, 9.17) is 9.15 Å². The number of furan rings is 1. The van der Waals surface area contributed by atoms with Crippen molar-refractivity contribution in [1.29, 1.82) is 0 Å². The molecule has 24 heavy (non-hydrogen) atoms. The maximum atomic E-state index is 12.2. The van der Waals surface area contributed by atoms with Crippen LogP contribution in [0.4, 0.5) is 0 Å². The van der Waals surface area contributed by atoms with Gasteiger partial charge in [0.1, 0.15) is 17.1 Å². The van der Waals surface area contributed by atoms with Crippen molar-refractivity contribution in [2.45, 2.75) is 6.54 Å². The molecule has 3 rings (SSSR count). The monoisotopic (exact) mass is 386 g/mol. The summed E-state index contributed by atoms with van der Waals surface area (Å²) < 4.78 is 11.9. The summed E-state index contributed by atoms with van der Waals surface area (Å²) in [6.45, 7) is 0.285. The second kappa shape index (κ2) is 7.31. The summed E-state index contributed by atoms with van der Waals surface area (Å²) in [5.74, 6) is 1.46. The largest absolute Gasteiger partial charge is 0.480 e. The average Bonchev–Trinajstić information content (AvgIpc) is 3.09. The van der Waals surface area contributed by atoms with Gasteiger partial charge in [-0.15, -0.1) is 0 Å². The van der Waals surface area contributed by atoms with Crippen molar-refractivity contribution in [2.75, 3.05) is 7.11 Å². The van der Waals surface area contributed by atoms with Gasteiger partial charge in [0.2, 0.25) is 5.88 Å². The first kappa shape index (κ1) is 16.3. The van der Waals surface area contributed by atoms with Gasteiger partial charge in [-0.3, -0.25) is 4.79 Å². The van der Waals surface area contributed by atoms with Crippen LogP contribution in [-0.4, -0.2) is 18.0 Å². The number of hydrogen-bond acceptors (Lipinski definition) is 4. The summed E-state index contributed by atoms with van der Waals surface area (Å²) in [6, 6.07) is 14.9. The third-order valence-electron chi connectivity index (χ3n) is 3.42. The molecule has 0 spiro atoms. The summed E-state index contributed by atoms with van der Waals surface area (Å²) in [6.07, 6.45) is 1.58. The van der Waals surface area contributed by atoms with Gasteiger partial charge >= 0.3 is 0 Å². The lowest BCUT2D eigenvalue weighted by atomic mass is 10.2. The first-order valence-corrected chi connectivity index (χ1v) is 8.08. The number of carbonyl (C=O) groups excluding carboxylic acids is 1. The topological polar surface area (TPSA) is 64.4 Å². The Kier molecular flexibility index (Phi) is 4.96. The van der Waals surface area contributed by atoms with Crippen LogP contribution in [0.25, 0.3) is 11.3 Å². The average molecular weight is 387 g/mol. The number of ether oxygens (including phenoxy) is 1. The van der Waals surface area contributed by atoms with E-state index in [1.807, 2.05) is 36.4 Å². The molecular formula is C18H15BrN2O3. The molecule has 0 aliphatic heterocycles. The molecule has 1 N–H and O–H groups in total. The molecule has 0 aliphatic carbocycles. The Morgan fingerprint density at radius 1 is 1.21 bits per heavy atom. The zero-order valence-corrected chi connectivity index (χ0v) is 14.5. The van der Waals surface area contributed by atoms with E-state index in [0.717, 1.165) is 15.8 Å². The number of pyridine rings is 1. The van der Waals surface area contributed by atoms with E-state index >= 15 is 0 Å². The molecule has 1 aromatic carbocycles. The molecule has 0 unspecified atom stereocenters. The molecule has 0 bridgehead atoms. The molecule has 0 saturated carbocycles. The predicted molar refractivity (Wildman–Crippen MR) is 93.8 cm³/mol. The van der Waals surface area contributed by atoms with E-state index in [1.54, 1.807) is 18.3 Å². The highest BCUT2D eigenvalue weighted by Crippen LogP contribution is 2.24. The quantitative estimate of drug-likeness (QED) is 0.718. The summed E-state index contributed by atoms with van der Waals surface area (Å²) in [4.78, 5) is 16.2.